The van der Waals surface area contributed by atoms with Gasteiger partial charge in [-0.3, -0.25) is 24.1 Å². The van der Waals surface area contributed by atoms with E-state index in [4.69, 9.17) is 16.3 Å². The highest BCUT2D eigenvalue weighted by Crippen LogP contribution is 2.40. The zero-order valence-corrected chi connectivity index (χ0v) is 20.2. The highest BCUT2D eigenvalue weighted by molar-refractivity contribution is 6.31. The van der Waals surface area contributed by atoms with Crippen molar-refractivity contribution in [1.29, 1.82) is 0 Å². The first-order valence-corrected chi connectivity index (χ1v) is 12.0. The summed E-state index contributed by atoms with van der Waals surface area (Å²) in [5, 5.41) is 0.557. The smallest absolute Gasteiger partial charge is 0.316 e. The van der Waals surface area contributed by atoms with E-state index in [0.29, 0.717) is 29.2 Å². The monoisotopic (exact) mass is 492 g/mol. The first-order valence-electron chi connectivity index (χ1n) is 11.6. The zero-order chi connectivity index (χ0) is 24.9. The van der Waals surface area contributed by atoms with E-state index >= 15 is 0 Å². The summed E-state index contributed by atoms with van der Waals surface area (Å²) in [5.41, 5.74) is 3.15. The number of amides is 3. The predicted octanol–water partition coefficient (Wildman–Crippen LogP) is 4.45. The molecule has 0 spiro atoms. The second-order valence-electron chi connectivity index (χ2n) is 9.47. The molecule has 3 aliphatic rings. The zero-order valence-electron chi connectivity index (χ0n) is 19.5. The average Bonchev–Trinajstić information content (AvgIpc) is 3.34. The van der Waals surface area contributed by atoms with E-state index in [1.54, 1.807) is 41.3 Å². The lowest BCUT2D eigenvalue weighted by molar-refractivity contribution is -0.139. The average molecular weight is 493 g/mol. The number of benzene rings is 2. The van der Waals surface area contributed by atoms with Gasteiger partial charge in [0.25, 0.3) is 0 Å². The molecule has 0 aromatic heterocycles. The van der Waals surface area contributed by atoms with Crippen LogP contribution in [0, 0.1) is 24.7 Å². The number of halogens is 1. The van der Waals surface area contributed by atoms with Gasteiger partial charge in [0.05, 0.1) is 23.4 Å². The molecule has 0 saturated carbocycles. The molecule has 2 aromatic carbocycles. The lowest BCUT2D eigenvalue weighted by Gasteiger charge is -2.18. The third-order valence-electron chi connectivity index (χ3n) is 7.06. The van der Waals surface area contributed by atoms with E-state index in [1.807, 2.05) is 26.0 Å². The Hall–Kier alpha value is -3.45. The molecular weight excluding hydrogens is 468 g/mol. The molecular formula is C27H25ClN2O5. The van der Waals surface area contributed by atoms with Crippen LogP contribution in [0.5, 0.6) is 5.75 Å². The maximum atomic E-state index is 12.9. The molecule has 2 aliphatic heterocycles. The molecule has 1 aliphatic carbocycles. The number of carbonyl (C=O) groups is 4. The number of anilines is 2. The molecule has 35 heavy (non-hydrogen) atoms. The summed E-state index contributed by atoms with van der Waals surface area (Å²) in [7, 11) is 0. The lowest BCUT2D eigenvalue weighted by atomic mass is 9.82. The molecule has 3 atom stereocenters. The fraction of sp³-hybridized carbons (Fsp3) is 0.333. The Morgan fingerprint density at radius 1 is 0.943 bits per heavy atom. The fourth-order valence-electron chi connectivity index (χ4n) is 5.02. The summed E-state index contributed by atoms with van der Waals surface area (Å²) in [4.78, 5) is 53.8. The Bertz CT molecular complexity index is 1270. The van der Waals surface area contributed by atoms with Crippen LogP contribution in [0.4, 0.5) is 11.4 Å². The van der Waals surface area contributed by atoms with Crippen LogP contribution in [0.1, 0.15) is 31.7 Å². The molecule has 0 unspecified atom stereocenters. The van der Waals surface area contributed by atoms with Crippen LogP contribution in [0.15, 0.2) is 54.1 Å². The van der Waals surface area contributed by atoms with E-state index in [1.165, 1.54) is 4.90 Å². The Morgan fingerprint density at radius 2 is 1.63 bits per heavy atom. The third-order valence-corrected chi connectivity index (χ3v) is 7.47. The number of fused-ring (bicyclic) bond motifs is 1. The van der Waals surface area contributed by atoms with Crippen molar-refractivity contribution in [3.63, 3.8) is 0 Å². The first kappa shape index (κ1) is 23.3. The third kappa shape index (κ3) is 4.25. The van der Waals surface area contributed by atoms with Crippen molar-refractivity contribution in [2.75, 3.05) is 16.3 Å². The molecule has 0 N–H and O–H groups in total. The number of carbonyl (C=O) groups excluding carboxylic acids is 4. The van der Waals surface area contributed by atoms with Crippen LogP contribution in [0.3, 0.4) is 0 Å². The molecule has 8 heteroatoms. The van der Waals surface area contributed by atoms with Gasteiger partial charge in [0.2, 0.25) is 17.7 Å². The molecule has 5 rings (SSSR count). The number of allylic oxidation sites excluding steroid dienone is 2. The number of hydrogen-bond acceptors (Lipinski definition) is 5. The highest BCUT2D eigenvalue weighted by atomic mass is 35.5. The molecule has 2 heterocycles. The molecule has 2 fully saturated rings. The van der Waals surface area contributed by atoms with Crippen LogP contribution in [-0.4, -0.2) is 30.2 Å². The van der Waals surface area contributed by atoms with Gasteiger partial charge in [0, 0.05) is 23.7 Å². The summed E-state index contributed by atoms with van der Waals surface area (Å²) in [6.45, 7) is 4.07. The summed E-state index contributed by atoms with van der Waals surface area (Å²) in [6.07, 6.45) is 3.27. The van der Waals surface area contributed by atoms with E-state index in [9.17, 15) is 19.2 Å². The quantitative estimate of drug-likeness (QED) is 0.272. The molecule has 0 bridgehead atoms. The fourth-order valence-corrected chi connectivity index (χ4v) is 5.19. The van der Waals surface area contributed by atoms with Gasteiger partial charge >= 0.3 is 5.97 Å². The van der Waals surface area contributed by atoms with Crippen LogP contribution >= 0.6 is 11.6 Å². The van der Waals surface area contributed by atoms with Gasteiger partial charge in [-0.25, -0.2) is 0 Å². The Balaban J connectivity index is 1.24. The number of aryl methyl sites for hydroxylation is 1. The van der Waals surface area contributed by atoms with E-state index in [-0.39, 0.29) is 48.3 Å². The van der Waals surface area contributed by atoms with Gasteiger partial charge in [-0.15, -0.1) is 0 Å². The van der Waals surface area contributed by atoms with Crippen molar-refractivity contribution in [2.45, 2.75) is 33.1 Å². The van der Waals surface area contributed by atoms with Gasteiger partial charge in [-0.2, -0.15) is 0 Å². The maximum absolute atomic E-state index is 12.9. The summed E-state index contributed by atoms with van der Waals surface area (Å²) >= 11 is 6.19. The Labute approximate surface area is 208 Å². The van der Waals surface area contributed by atoms with Crippen LogP contribution < -0.4 is 14.5 Å². The molecule has 2 saturated heterocycles. The van der Waals surface area contributed by atoms with Gasteiger partial charge in [0.1, 0.15) is 5.75 Å². The first-order chi connectivity index (χ1) is 16.7. The van der Waals surface area contributed by atoms with E-state index < -0.39 is 11.9 Å². The molecule has 3 amide bonds. The number of imide groups is 1. The SMILES string of the molecule is CC1=CC[C@@H]2C(=O)N(c3ccc(OC(=O)[C@@H]4CC(=O)N(c5ccc(C)c(Cl)c5)C4)cc3)C(=O)[C@H]2C1. The Morgan fingerprint density at radius 3 is 2.34 bits per heavy atom. The largest absolute Gasteiger partial charge is 0.426 e. The van der Waals surface area contributed by atoms with Crippen molar-refractivity contribution >= 4 is 46.7 Å². The van der Waals surface area contributed by atoms with Crippen molar-refractivity contribution < 1.29 is 23.9 Å². The lowest BCUT2D eigenvalue weighted by Crippen LogP contribution is -2.30. The van der Waals surface area contributed by atoms with Crippen molar-refractivity contribution in [2.24, 2.45) is 17.8 Å². The van der Waals surface area contributed by atoms with E-state index in [0.717, 1.165) is 11.1 Å². The van der Waals surface area contributed by atoms with Gasteiger partial charge in [0.15, 0.2) is 0 Å². The number of ether oxygens (including phenoxy) is 1. The molecule has 180 valence electrons. The normalized spacial score (nSPS) is 24.0. The van der Waals surface area contributed by atoms with Crippen LogP contribution in [0.25, 0.3) is 0 Å². The standard InChI is InChI=1S/C27H25ClN2O5/c1-15-3-10-21-22(11-15)26(33)30(25(21)32)18-6-8-20(9-7-18)35-27(34)17-12-24(31)29(14-17)19-5-4-16(2)23(28)13-19/h3-9,13,17,21-22H,10-12,14H2,1-2H3/t17-,21+,22+/m1/s1. The molecule has 0 radical (unpaired) electrons. The Kier molecular flexibility index (Phi) is 5.97. The maximum Gasteiger partial charge on any atom is 0.316 e. The number of nitrogens with zero attached hydrogens (tertiary/aromatic N) is 2. The molecule has 7 nitrogen and oxygen atoms in total. The number of rotatable bonds is 4. The van der Waals surface area contributed by atoms with Crippen molar-refractivity contribution in [1.82, 2.24) is 0 Å². The predicted molar refractivity (Wildman–Crippen MR) is 131 cm³/mol. The summed E-state index contributed by atoms with van der Waals surface area (Å²) in [5.74, 6) is -1.98. The van der Waals surface area contributed by atoms with Crippen LogP contribution in [0.2, 0.25) is 5.02 Å². The minimum atomic E-state index is -0.608. The van der Waals surface area contributed by atoms with Gasteiger partial charge in [-0.1, -0.05) is 29.3 Å². The highest BCUT2D eigenvalue weighted by Gasteiger charge is 2.48. The topological polar surface area (TPSA) is 84.0 Å². The van der Waals surface area contributed by atoms with Gasteiger partial charge in [-0.05, 0) is 68.7 Å². The second-order valence-corrected chi connectivity index (χ2v) is 9.88. The number of hydrogen-bond donors (Lipinski definition) is 0. The second kappa shape index (κ2) is 8.96. The minimum Gasteiger partial charge on any atom is -0.426 e. The van der Waals surface area contributed by atoms with Crippen molar-refractivity contribution in [3.8, 4) is 5.75 Å². The molecule has 2 aromatic rings. The van der Waals surface area contributed by atoms with Crippen LogP contribution in [-0.2, 0) is 19.2 Å². The van der Waals surface area contributed by atoms with Gasteiger partial charge < -0.3 is 9.64 Å². The number of esters is 1. The van der Waals surface area contributed by atoms with E-state index in [2.05, 4.69) is 0 Å². The summed E-state index contributed by atoms with van der Waals surface area (Å²) < 4.78 is 5.51. The van der Waals surface area contributed by atoms with Crippen molar-refractivity contribution in [3.05, 3.63) is 64.7 Å². The minimum absolute atomic E-state index is 0.0510. The summed E-state index contributed by atoms with van der Waals surface area (Å²) in [6, 6.07) is 11.7.